The van der Waals surface area contributed by atoms with Crippen molar-refractivity contribution in [1.82, 2.24) is 0 Å². The van der Waals surface area contributed by atoms with E-state index in [2.05, 4.69) is 73.1 Å². The summed E-state index contributed by atoms with van der Waals surface area (Å²) in [6.45, 7) is 6.76. The Bertz CT molecular complexity index is 1380. The van der Waals surface area contributed by atoms with Gasteiger partial charge < -0.3 is 16.0 Å². The van der Waals surface area contributed by atoms with Gasteiger partial charge in [0.15, 0.2) is 0 Å². The fourth-order valence-electron chi connectivity index (χ4n) is 8.31. The second-order valence-electron chi connectivity index (χ2n) is 17.7. The highest BCUT2D eigenvalue weighted by Crippen LogP contribution is 2.34. The van der Waals surface area contributed by atoms with Crippen molar-refractivity contribution in [2.45, 2.75) is 219 Å². The predicted molar refractivity (Wildman–Crippen MR) is 262 cm³/mol. The van der Waals surface area contributed by atoms with Gasteiger partial charge in [-0.05, 0) is 72.4 Å². The molecular weight excluding hydrogens is 751 g/mol. The summed E-state index contributed by atoms with van der Waals surface area (Å²) in [5, 5.41) is 9.34. The zero-order valence-corrected chi connectivity index (χ0v) is 38.9. The van der Waals surface area contributed by atoms with Gasteiger partial charge in [-0.1, -0.05) is 211 Å². The van der Waals surface area contributed by atoms with Gasteiger partial charge in [0.05, 0.1) is 0 Å². The number of anilines is 3. The zero-order valence-electron chi connectivity index (χ0n) is 38.9. The number of carbonyl (C=O) groups is 3. The highest BCUT2D eigenvalue weighted by molar-refractivity contribution is 5.92. The molecular formula is C55H85N3O3. The number of benzene rings is 3. The van der Waals surface area contributed by atoms with E-state index < -0.39 is 0 Å². The van der Waals surface area contributed by atoms with E-state index in [-0.39, 0.29) is 23.6 Å². The number of carbonyl (C=O) groups excluding carboxylic acids is 3. The van der Waals surface area contributed by atoms with Crippen LogP contribution in [-0.4, -0.2) is 17.7 Å². The maximum Gasteiger partial charge on any atom is 0.224 e. The van der Waals surface area contributed by atoms with Crippen LogP contribution >= 0.6 is 0 Å². The average molecular weight is 836 g/mol. The third kappa shape index (κ3) is 23.8. The third-order valence-electron chi connectivity index (χ3n) is 12.1. The molecule has 0 aliphatic carbocycles. The number of unbranched alkanes of at least 4 members (excludes halogenated alkanes) is 24. The lowest BCUT2D eigenvalue weighted by molar-refractivity contribution is -0.117. The van der Waals surface area contributed by atoms with Crippen LogP contribution in [0.25, 0.3) is 0 Å². The lowest BCUT2D eigenvalue weighted by Crippen LogP contribution is -2.12. The van der Waals surface area contributed by atoms with E-state index in [1.54, 1.807) is 0 Å². The Morgan fingerprint density at radius 2 is 0.508 bits per heavy atom. The first-order valence-corrected chi connectivity index (χ1v) is 25.1. The molecule has 3 aromatic rings. The first-order valence-electron chi connectivity index (χ1n) is 25.1. The van der Waals surface area contributed by atoms with Crippen LogP contribution in [-0.2, 0) is 14.4 Å². The van der Waals surface area contributed by atoms with E-state index in [9.17, 15) is 14.4 Å². The predicted octanol–water partition coefficient (Wildman–Crippen LogP) is 16.4. The smallest absolute Gasteiger partial charge is 0.224 e. The van der Waals surface area contributed by atoms with Gasteiger partial charge in [0.25, 0.3) is 0 Å². The molecule has 3 rings (SSSR count). The second-order valence-corrected chi connectivity index (χ2v) is 17.7. The summed E-state index contributed by atoms with van der Waals surface area (Å²) in [5.41, 5.74) is 5.71. The number of nitrogens with one attached hydrogen (secondary N) is 3. The van der Waals surface area contributed by atoms with Gasteiger partial charge in [-0.3, -0.25) is 14.4 Å². The molecule has 6 nitrogen and oxygen atoms in total. The minimum Gasteiger partial charge on any atom is -0.326 e. The molecule has 0 spiro atoms. The van der Waals surface area contributed by atoms with Crippen molar-refractivity contribution in [3.05, 3.63) is 89.5 Å². The Balaban J connectivity index is 1.58. The van der Waals surface area contributed by atoms with Crippen LogP contribution in [0.1, 0.15) is 236 Å². The maximum atomic E-state index is 12.8. The molecule has 0 saturated carbocycles. The SMILES string of the molecule is CCCCCCCCCCCC(=O)Nc1ccc(C(c2ccc(NC(=O)CCCCCCCCCCC)cc2)c2ccc(NC(=O)CCCCCCCCCCC)cc2)cc1. The Morgan fingerprint density at radius 3 is 0.721 bits per heavy atom. The quantitative estimate of drug-likeness (QED) is 0.0403. The summed E-state index contributed by atoms with van der Waals surface area (Å²) in [6, 6.07) is 24.6. The van der Waals surface area contributed by atoms with Gasteiger partial charge in [-0.2, -0.15) is 0 Å². The van der Waals surface area contributed by atoms with Crippen molar-refractivity contribution in [1.29, 1.82) is 0 Å². The Hall–Kier alpha value is -3.93. The van der Waals surface area contributed by atoms with Crippen molar-refractivity contribution in [3.8, 4) is 0 Å². The van der Waals surface area contributed by atoms with Gasteiger partial charge in [-0.25, -0.2) is 0 Å². The highest BCUT2D eigenvalue weighted by Gasteiger charge is 2.18. The third-order valence-corrected chi connectivity index (χ3v) is 12.1. The maximum absolute atomic E-state index is 12.8. The molecule has 0 heterocycles. The van der Waals surface area contributed by atoms with E-state index in [0.717, 1.165) is 72.3 Å². The van der Waals surface area contributed by atoms with Crippen molar-refractivity contribution >= 4 is 34.8 Å². The van der Waals surface area contributed by atoms with E-state index in [1.807, 2.05) is 36.4 Å². The molecule has 0 aromatic heterocycles. The first-order chi connectivity index (χ1) is 29.9. The molecule has 3 aromatic carbocycles. The molecule has 0 aliphatic rings. The largest absolute Gasteiger partial charge is 0.326 e. The molecule has 0 aliphatic heterocycles. The molecule has 61 heavy (non-hydrogen) atoms. The van der Waals surface area contributed by atoms with Crippen molar-refractivity contribution < 1.29 is 14.4 Å². The van der Waals surface area contributed by atoms with Crippen LogP contribution in [0.5, 0.6) is 0 Å². The topological polar surface area (TPSA) is 87.3 Å². The molecule has 0 saturated heterocycles. The second kappa shape index (κ2) is 33.7. The number of rotatable bonds is 36. The fraction of sp³-hybridized carbons (Fsp3) is 0.618. The summed E-state index contributed by atoms with van der Waals surface area (Å²) in [6.07, 6.45) is 34.9. The summed E-state index contributed by atoms with van der Waals surface area (Å²) in [4.78, 5) is 38.4. The van der Waals surface area contributed by atoms with Crippen molar-refractivity contribution in [2.24, 2.45) is 0 Å². The lowest BCUT2D eigenvalue weighted by atomic mass is 9.85. The molecule has 0 radical (unpaired) electrons. The highest BCUT2D eigenvalue weighted by atomic mass is 16.2. The van der Waals surface area contributed by atoms with E-state index >= 15 is 0 Å². The summed E-state index contributed by atoms with van der Waals surface area (Å²) in [7, 11) is 0. The first kappa shape index (κ1) is 51.4. The van der Waals surface area contributed by atoms with Crippen LogP contribution < -0.4 is 16.0 Å². The van der Waals surface area contributed by atoms with E-state index in [4.69, 9.17) is 0 Å². The summed E-state index contributed by atoms with van der Waals surface area (Å²) >= 11 is 0. The molecule has 338 valence electrons. The molecule has 0 fully saturated rings. The lowest BCUT2D eigenvalue weighted by Gasteiger charge is -2.20. The molecule has 0 atom stereocenters. The van der Waals surface area contributed by atoms with Crippen LogP contribution in [0.15, 0.2) is 72.8 Å². The monoisotopic (exact) mass is 836 g/mol. The van der Waals surface area contributed by atoms with Crippen molar-refractivity contribution in [2.75, 3.05) is 16.0 Å². The van der Waals surface area contributed by atoms with E-state index in [0.29, 0.717) is 19.3 Å². The van der Waals surface area contributed by atoms with Gasteiger partial charge in [-0.15, -0.1) is 0 Å². The van der Waals surface area contributed by atoms with Crippen LogP contribution in [0.4, 0.5) is 17.1 Å². The minimum atomic E-state index is -0.0785. The van der Waals surface area contributed by atoms with Crippen LogP contribution in [0.2, 0.25) is 0 Å². The molecule has 3 amide bonds. The molecule has 6 heteroatoms. The zero-order chi connectivity index (χ0) is 43.6. The van der Waals surface area contributed by atoms with Crippen LogP contribution in [0, 0.1) is 0 Å². The molecule has 0 bridgehead atoms. The summed E-state index contributed by atoms with van der Waals surface area (Å²) < 4.78 is 0. The molecule has 3 N–H and O–H groups in total. The van der Waals surface area contributed by atoms with Crippen molar-refractivity contribution in [3.63, 3.8) is 0 Å². The van der Waals surface area contributed by atoms with Crippen LogP contribution in [0.3, 0.4) is 0 Å². The average Bonchev–Trinajstić information content (AvgIpc) is 3.26. The normalized spacial score (nSPS) is 11.2. The Labute approximate surface area is 372 Å². The standard InChI is InChI=1S/C55H85N3O3/c1-4-7-10-13-16-19-22-25-28-31-52(59)56-49-40-34-46(35-41-49)55(47-36-42-50(43-37-47)57-53(60)32-29-26-23-20-17-14-11-8-5-2)48-38-44-51(45-39-48)58-54(61)33-30-27-24-21-18-15-12-9-6-3/h34-45,55H,4-33H2,1-3H3,(H,56,59)(H,57,60)(H,58,61). The van der Waals surface area contributed by atoms with Gasteiger partial charge >= 0.3 is 0 Å². The molecule has 0 unspecified atom stereocenters. The Morgan fingerprint density at radius 1 is 0.311 bits per heavy atom. The number of hydrogen-bond acceptors (Lipinski definition) is 3. The fourth-order valence-corrected chi connectivity index (χ4v) is 8.31. The van der Waals surface area contributed by atoms with Gasteiger partial charge in [0.2, 0.25) is 17.7 Å². The number of hydrogen-bond donors (Lipinski definition) is 3. The number of amides is 3. The minimum absolute atomic E-state index is 0.0677. The van der Waals surface area contributed by atoms with E-state index in [1.165, 1.54) is 135 Å². The van der Waals surface area contributed by atoms with Gasteiger partial charge in [0, 0.05) is 42.2 Å². The Kier molecular flexibility index (Phi) is 28.4. The summed E-state index contributed by atoms with van der Waals surface area (Å²) in [5.74, 6) is 0.125. The van der Waals surface area contributed by atoms with Gasteiger partial charge in [0.1, 0.15) is 0 Å².